The molecule has 3 rings (SSSR count). The summed E-state index contributed by atoms with van der Waals surface area (Å²) in [5.74, 6) is 0. The molecule has 0 spiro atoms. The molecule has 4 N–H and O–H groups in total. The lowest BCUT2D eigenvalue weighted by molar-refractivity contribution is -0.137. The van der Waals surface area contributed by atoms with E-state index in [0.717, 1.165) is 28.8 Å². The van der Waals surface area contributed by atoms with E-state index in [1.807, 2.05) is 30.5 Å². The van der Waals surface area contributed by atoms with Crippen molar-refractivity contribution in [3.05, 3.63) is 70.4 Å². The second-order valence-corrected chi connectivity index (χ2v) is 6.28. The highest BCUT2D eigenvalue weighted by atomic mass is 35.5. The van der Waals surface area contributed by atoms with Gasteiger partial charge in [0.25, 0.3) is 0 Å². The number of alkyl halides is 3. The average Bonchev–Trinajstić information content (AvgIpc) is 3.16. The molecule has 0 saturated carbocycles. The Kier molecular flexibility index (Phi) is 5.57. The van der Waals surface area contributed by atoms with E-state index in [9.17, 15) is 18.0 Å². The molecule has 2 amide bonds. The normalized spacial score (nSPS) is 13.7. The van der Waals surface area contributed by atoms with Crippen LogP contribution in [0.1, 0.15) is 16.7 Å². The summed E-state index contributed by atoms with van der Waals surface area (Å²) < 4.78 is 38.6. The summed E-state index contributed by atoms with van der Waals surface area (Å²) in [5, 5.41) is 4.58. The molecule has 142 valence electrons. The van der Waals surface area contributed by atoms with Crippen LogP contribution in [0.4, 0.5) is 23.7 Å². The zero-order valence-corrected chi connectivity index (χ0v) is 14.7. The Balaban J connectivity index is 1.61. The number of benzene rings is 2. The van der Waals surface area contributed by atoms with Gasteiger partial charge in [-0.05, 0) is 41.0 Å². The first-order valence-electron chi connectivity index (χ1n) is 8.01. The standard InChI is InChI=1S/C18H16ClF3N4O/c19-16-5-4-14(7-15(16)18(20,21)22)26-17(27)23-8-11-2-1-3-12(6-11)13-9-24-25-10-13/h1-7,9,24-25H,8,10H2,(H2,23,26,27). The molecule has 1 aliphatic rings. The van der Waals surface area contributed by atoms with E-state index >= 15 is 0 Å². The topological polar surface area (TPSA) is 65.2 Å². The zero-order chi connectivity index (χ0) is 19.4. The number of amides is 2. The highest BCUT2D eigenvalue weighted by molar-refractivity contribution is 6.31. The molecular weight excluding hydrogens is 381 g/mol. The number of urea groups is 1. The molecule has 0 bridgehead atoms. The minimum Gasteiger partial charge on any atom is -0.334 e. The van der Waals surface area contributed by atoms with Crippen LogP contribution in [0.15, 0.2) is 48.7 Å². The average molecular weight is 397 g/mol. The largest absolute Gasteiger partial charge is 0.417 e. The summed E-state index contributed by atoms with van der Waals surface area (Å²) in [7, 11) is 0. The van der Waals surface area contributed by atoms with Crippen molar-refractivity contribution < 1.29 is 18.0 Å². The Morgan fingerprint density at radius 1 is 1.19 bits per heavy atom. The van der Waals surface area contributed by atoms with Crippen LogP contribution in [-0.4, -0.2) is 12.6 Å². The Morgan fingerprint density at radius 2 is 2.00 bits per heavy atom. The van der Waals surface area contributed by atoms with Gasteiger partial charge in [0, 0.05) is 25.0 Å². The van der Waals surface area contributed by atoms with Crippen molar-refractivity contribution in [2.75, 3.05) is 11.9 Å². The molecule has 0 aliphatic carbocycles. The fourth-order valence-electron chi connectivity index (χ4n) is 2.58. The molecule has 0 aromatic heterocycles. The van der Waals surface area contributed by atoms with Gasteiger partial charge in [-0.25, -0.2) is 10.2 Å². The van der Waals surface area contributed by atoms with E-state index < -0.39 is 22.8 Å². The molecule has 5 nitrogen and oxygen atoms in total. The van der Waals surface area contributed by atoms with Crippen LogP contribution >= 0.6 is 11.6 Å². The second-order valence-electron chi connectivity index (χ2n) is 5.87. The number of carbonyl (C=O) groups is 1. The Bertz CT molecular complexity index is 883. The summed E-state index contributed by atoms with van der Waals surface area (Å²) in [5.41, 5.74) is 7.85. The number of nitrogens with one attached hydrogen (secondary N) is 4. The van der Waals surface area contributed by atoms with Crippen LogP contribution in [0.2, 0.25) is 5.02 Å². The van der Waals surface area contributed by atoms with Crippen molar-refractivity contribution in [1.29, 1.82) is 0 Å². The number of hydrazine groups is 1. The molecule has 2 aromatic rings. The van der Waals surface area contributed by atoms with Crippen molar-refractivity contribution in [3.8, 4) is 0 Å². The fourth-order valence-corrected chi connectivity index (χ4v) is 2.80. The van der Waals surface area contributed by atoms with Crippen LogP contribution < -0.4 is 21.5 Å². The van der Waals surface area contributed by atoms with Crippen molar-refractivity contribution >= 4 is 28.9 Å². The monoisotopic (exact) mass is 396 g/mol. The van der Waals surface area contributed by atoms with Gasteiger partial charge in [-0.3, -0.25) is 0 Å². The van der Waals surface area contributed by atoms with Crippen LogP contribution in [0.5, 0.6) is 0 Å². The summed E-state index contributed by atoms with van der Waals surface area (Å²) in [6, 6.07) is 10.2. The van der Waals surface area contributed by atoms with Gasteiger partial charge in [-0.2, -0.15) is 13.2 Å². The van der Waals surface area contributed by atoms with E-state index in [1.54, 1.807) is 0 Å². The lowest BCUT2D eigenvalue weighted by atomic mass is 10.0. The summed E-state index contributed by atoms with van der Waals surface area (Å²) in [6.07, 6.45) is -2.73. The molecule has 0 atom stereocenters. The molecule has 0 saturated heterocycles. The van der Waals surface area contributed by atoms with E-state index in [1.165, 1.54) is 6.07 Å². The van der Waals surface area contributed by atoms with Gasteiger partial charge < -0.3 is 16.1 Å². The van der Waals surface area contributed by atoms with E-state index in [0.29, 0.717) is 6.54 Å². The van der Waals surface area contributed by atoms with Gasteiger partial charge in [0.05, 0.1) is 10.6 Å². The number of hydrogen-bond acceptors (Lipinski definition) is 3. The zero-order valence-electron chi connectivity index (χ0n) is 14.0. The third-order valence-corrected chi connectivity index (χ3v) is 4.24. The number of carbonyl (C=O) groups excluding carboxylic acids is 1. The molecule has 0 fully saturated rings. The summed E-state index contributed by atoms with van der Waals surface area (Å²) in [6.45, 7) is 0.920. The first-order chi connectivity index (χ1) is 12.8. The Morgan fingerprint density at radius 3 is 2.70 bits per heavy atom. The maximum Gasteiger partial charge on any atom is 0.417 e. The van der Waals surface area contributed by atoms with Gasteiger partial charge in [0.15, 0.2) is 0 Å². The molecule has 2 aromatic carbocycles. The maximum atomic E-state index is 12.9. The SMILES string of the molecule is O=C(NCc1cccc(C2=CNNC2)c1)Nc1ccc(Cl)c(C(F)(F)F)c1. The minimum atomic E-state index is -4.59. The van der Waals surface area contributed by atoms with Crippen molar-refractivity contribution in [1.82, 2.24) is 16.2 Å². The highest BCUT2D eigenvalue weighted by Crippen LogP contribution is 2.36. The van der Waals surface area contributed by atoms with Crippen LogP contribution in [0.25, 0.3) is 5.57 Å². The van der Waals surface area contributed by atoms with Crippen LogP contribution in [0.3, 0.4) is 0 Å². The van der Waals surface area contributed by atoms with Gasteiger partial charge in [-0.1, -0.05) is 29.8 Å². The molecule has 1 heterocycles. The smallest absolute Gasteiger partial charge is 0.334 e. The Labute approximate surface area is 158 Å². The molecule has 27 heavy (non-hydrogen) atoms. The fraction of sp³-hybridized carbons (Fsp3) is 0.167. The third kappa shape index (κ3) is 4.93. The second kappa shape index (κ2) is 7.89. The van der Waals surface area contributed by atoms with E-state index in [4.69, 9.17) is 11.6 Å². The van der Waals surface area contributed by atoms with Gasteiger partial charge in [0.2, 0.25) is 0 Å². The lowest BCUT2D eigenvalue weighted by Gasteiger charge is -2.12. The maximum absolute atomic E-state index is 12.9. The molecule has 0 radical (unpaired) electrons. The number of rotatable bonds is 4. The van der Waals surface area contributed by atoms with Gasteiger partial charge in [0.1, 0.15) is 0 Å². The third-order valence-electron chi connectivity index (χ3n) is 3.91. The molecular formula is C18H16ClF3N4O. The first-order valence-corrected chi connectivity index (χ1v) is 8.39. The predicted octanol–water partition coefficient (Wildman–Crippen LogP) is 4.13. The number of halogens is 4. The van der Waals surface area contributed by atoms with Crippen molar-refractivity contribution in [2.24, 2.45) is 0 Å². The van der Waals surface area contributed by atoms with Crippen molar-refractivity contribution in [2.45, 2.75) is 12.7 Å². The van der Waals surface area contributed by atoms with Gasteiger partial charge >= 0.3 is 12.2 Å². The number of hydrogen-bond donors (Lipinski definition) is 4. The lowest BCUT2D eigenvalue weighted by Crippen LogP contribution is -2.28. The van der Waals surface area contributed by atoms with Crippen molar-refractivity contribution in [3.63, 3.8) is 0 Å². The molecule has 9 heteroatoms. The number of anilines is 1. The van der Waals surface area contributed by atoms with Crippen LogP contribution in [-0.2, 0) is 12.7 Å². The molecule has 0 unspecified atom stereocenters. The molecule has 1 aliphatic heterocycles. The Hall–Kier alpha value is -2.71. The first kappa shape index (κ1) is 19.1. The van der Waals surface area contributed by atoms with E-state index in [2.05, 4.69) is 21.5 Å². The van der Waals surface area contributed by atoms with E-state index in [-0.39, 0.29) is 12.2 Å². The summed E-state index contributed by atoms with van der Waals surface area (Å²) in [4.78, 5) is 12.0. The highest BCUT2D eigenvalue weighted by Gasteiger charge is 2.33. The summed E-state index contributed by atoms with van der Waals surface area (Å²) >= 11 is 5.57. The van der Waals surface area contributed by atoms with Crippen LogP contribution in [0, 0.1) is 0 Å². The predicted molar refractivity (Wildman–Crippen MR) is 97.9 cm³/mol. The minimum absolute atomic E-state index is 0.00577. The van der Waals surface area contributed by atoms with Gasteiger partial charge in [-0.15, -0.1) is 0 Å². The quantitative estimate of drug-likeness (QED) is 0.628.